The second-order valence-electron chi connectivity index (χ2n) is 5.59. The summed E-state index contributed by atoms with van der Waals surface area (Å²) in [5.74, 6) is -0.639. The van der Waals surface area contributed by atoms with Crippen LogP contribution in [0.1, 0.15) is 20.8 Å². The van der Waals surface area contributed by atoms with Gasteiger partial charge in [-0.2, -0.15) is 0 Å². The molecule has 1 aromatic heterocycles. The summed E-state index contributed by atoms with van der Waals surface area (Å²) in [7, 11) is 1.68. The van der Waals surface area contributed by atoms with Gasteiger partial charge in [0.15, 0.2) is 0 Å². The number of para-hydroxylation sites is 1. The maximum atomic E-state index is 12.7. The summed E-state index contributed by atoms with van der Waals surface area (Å²) in [5, 5.41) is 3.23. The van der Waals surface area contributed by atoms with Crippen LogP contribution in [0, 0.1) is 0 Å². The average molecular weight is 366 g/mol. The fourth-order valence-electron chi connectivity index (χ4n) is 2.41. The molecule has 6 heteroatoms. The lowest BCUT2D eigenvalue weighted by Crippen LogP contribution is -2.26. The highest BCUT2D eigenvalue weighted by Gasteiger charge is 2.16. The Bertz CT molecular complexity index is 945. The third kappa shape index (κ3) is 4.07. The lowest BCUT2D eigenvalue weighted by atomic mass is 10.2. The second-order valence-corrected chi connectivity index (χ2v) is 6.03. The van der Waals surface area contributed by atoms with Gasteiger partial charge in [0, 0.05) is 35.2 Å². The zero-order valence-electron chi connectivity index (χ0n) is 14.0. The molecule has 130 valence electrons. The SMILES string of the molecule is CN(C(=O)c1ccnc(C(=O)Nc2cccc(Cl)c2)c1)c1ccccc1. The van der Waals surface area contributed by atoms with Crippen molar-refractivity contribution in [2.75, 3.05) is 17.3 Å². The van der Waals surface area contributed by atoms with Crippen molar-refractivity contribution in [3.63, 3.8) is 0 Å². The number of carbonyl (C=O) groups excluding carboxylic acids is 2. The molecule has 0 bridgehead atoms. The average Bonchev–Trinajstić information content (AvgIpc) is 2.67. The highest BCUT2D eigenvalue weighted by atomic mass is 35.5. The summed E-state index contributed by atoms with van der Waals surface area (Å²) in [6, 6.07) is 19.1. The van der Waals surface area contributed by atoms with Gasteiger partial charge in [-0.25, -0.2) is 0 Å². The molecule has 0 aliphatic rings. The molecular formula is C20H16ClN3O2. The van der Waals surface area contributed by atoms with Crippen molar-refractivity contribution < 1.29 is 9.59 Å². The minimum atomic E-state index is -0.413. The summed E-state index contributed by atoms with van der Waals surface area (Å²) < 4.78 is 0. The lowest BCUT2D eigenvalue weighted by Gasteiger charge is -2.17. The van der Waals surface area contributed by atoms with E-state index in [1.54, 1.807) is 37.4 Å². The van der Waals surface area contributed by atoms with Crippen molar-refractivity contribution in [3.05, 3.63) is 89.2 Å². The zero-order chi connectivity index (χ0) is 18.5. The quantitative estimate of drug-likeness (QED) is 0.751. The number of hydrogen-bond acceptors (Lipinski definition) is 3. The van der Waals surface area contributed by atoms with E-state index in [2.05, 4.69) is 10.3 Å². The van der Waals surface area contributed by atoms with Gasteiger partial charge < -0.3 is 10.2 Å². The Morgan fingerprint density at radius 2 is 1.77 bits per heavy atom. The molecule has 0 fully saturated rings. The number of benzene rings is 2. The van der Waals surface area contributed by atoms with Crippen LogP contribution in [0.15, 0.2) is 72.9 Å². The lowest BCUT2D eigenvalue weighted by molar-refractivity contribution is 0.0993. The molecule has 0 saturated heterocycles. The van der Waals surface area contributed by atoms with Crippen molar-refractivity contribution in [3.8, 4) is 0 Å². The summed E-state index contributed by atoms with van der Waals surface area (Å²) in [5.41, 5.74) is 1.85. The van der Waals surface area contributed by atoms with E-state index in [9.17, 15) is 9.59 Å². The molecule has 0 spiro atoms. The van der Waals surface area contributed by atoms with Crippen LogP contribution in [0.4, 0.5) is 11.4 Å². The van der Waals surface area contributed by atoms with Crippen molar-refractivity contribution in [1.29, 1.82) is 0 Å². The fourth-order valence-corrected chi connectivity index (χ4v) is 2.60. The van der Waals surface area contributed by atoms with E-state index in [0.29, 0.717) is 16.3 Å². The van der Waals surface area contributed by atoms with E-state index in [1.807, 2.05) is 30.3 Å². The van der Waals surface area contributed by atoms with Gasteiger partial charge in [0.1, 0.15) is 5.69 Å². The van der Waals surface area contributed by atoms with Gasteiger partial charge in [-0.15, -0.1) is 0 Å². The number of pyridine rings is 1. The first-order valence-electron chi connectivity index (χ1n) is 7.90. The molecule has 2 aromatic carbocycles. The van der Waals surface area contributed by atoms with E-state index in [1.165, 1.54) is 17.2 Å². The van der Waals surface area contributed by atoms with Crippen molar-refractivity contribution in [1.82, 2.24) is 4.98 Å². The van der Waals surface area contributed by atoms with Crippen LogP contribution >= 0.6 is 11.6 Å². The number of carbonyl (C=O) groups is 2. The van der Waals surface area contributed by atoms with Gasteiger partial charge in [0.05, 0.1) is 0 Å². The topological polar surface area (TPSA) is 62.3 Å². The largest absolute Gasteiger partial charge is 0.321 e. The first-order chi connectivity index (χ1) is 12.5. The van der Waals surface area contributed by atoms with Crippen LogP contribution < -0.4 is 10.2 Å². The van der Waals surface area contributed by atoms with Crippen molar-refractivity contribution >= 4 is 34.8 Å². The standard InChI is InChI=1S/C20H16ClN3O2/c1-24(17-8-3-2-4-9-17)20(26)14-10-11-22-18(12-14)19(25)23-16-7-5-6-15(21)13-16/h2-13H,1H3,(H,23,25). The molecule has 1 N–H and O–H groups in total. The molecule has 3 rings (SSSR count). The molecule has 5 nitrogen and oxygen atoms in total. The third-order valence-electron chi connectivity index (χ3n) is 3.77. The van der Waals surface area contributed by atoms with Gasteiger partial charge in [0.25, 0.3) is 11.8 Å². The minimum absolute atomic E-state index is 0.150. The molecule has 26 heavy (non-hydrogen) atoms. The van der Waals surface area contributed by atoms with E-state index in [0.717, 1.165) is 5.69 Å². The molecule has 0 unspecified atom stereocenters. The molecule has 0 atom stereocenters. The molecule has 0 radical (unpaired) electrons. The van der Waals surface area contributed by atoms with Gasteiger partial charge in [-0.1, -0.05) is 35.9 Å². The second kappa shape index (κ2) is 7.80. The van der Waals surface area contributed by atoms with Crippen molar-refractivity contribution in [2.45, 2.75) is 0 Å². The Morgan fingerprint density at radius 3 is 2.50 bits per heavy atom. The monoisotopic (exact) mass is 365 g/mol. The Balaban J connectivity index is 1.79. The number of halogens is 1. The van der Waals surface area contributed by atoms with Gasteiger partial charge in [0.2, 0.25) is 0 Å². The number of hydrogen-bond donors (Lipinski definition) is 1. The first kappa shape index (κ1) is 17.6. The molecule has 0 aliphatic heterocycles. The summed E-state index contributed by atoms with van der Waals surface area (Å²) in [6.07, 6.45) is 1.44. The molecule has 2 amide bonds. The Morgan fingerprint density at radius 1 is 1.00 bits per heavy atom. The summed E-state index contributed by atoms with van der Waals surface area (Å²) in [6.45, 7) is 0. The molecule has 3 aromatic rings. The number of nitrogens with one attached hydrogen (secondary N) is 1. The Labute approximate surface area is 156 Å². The molecular weight excluding hydrogens is 350 g/mol. The third-order valence-corrected chi connectivity index (χ3v) is 4.01. The summed E-state index contributed by atoms with van der Waals surface area (Å²) >= 11 is 5.92. The number of anilines is 2. The number of rotatable bonds is 4. The van der Waals surface area contributed by atoms with Crippen LogP contribution in [0.3, 0.4) is 0 Å². The van der Waals surface area contributed by atoms with E-state index in [4.69, 9.17) is 11.6 Å². The fraction of sp³-hybridized carbons (Fsp3) is 0.0500. The van der Waals surface area contributed by atoms with Crippen LogP contribution in [-0.4, -0.2) is 23.8 Å². The van der Waals surface area contributed by atoms with Crippen molar-refractivity contribution in [2.24, 2.45) is 0 Å². The van der Waals surface area contributed by atoms with Crippen LogP contribution in [0.2, 0.25) is 5.02 Å². The normalized spacial score (nSPS) is 10.2. The highest BCUT2D eigenvalue weighted by Crippen LogP contribution is 2.17. The smallest absolute Gasteiger partial charge is 0.274 e. The Hall–Kier alpha value is -3.18. The molecule has 0 aliphatic carbocycles. The number of nitrogens with zero attached hydrogens (tertiary/aromatic N) is 2. The van der Waals surface area contributed by atoms with Gasteiger partial charge in [-0.05, 0) is 42.5 Å². The Kier molecular flexibility index (Phi) is 5.29. The van der Waals surface area contributed by atoms with Crippen LogP contribution in [-0.2, 0) is 0 Å². The highest BCUT2D eigenvalue weighted by molar-refractivity contribution is 6.31. The predicted octanol–water partition coefficient (Wildman–Crippen LogP) is 4.26. The van der Waals surface area contributed by atoms with Crippen LogP contribution in [0.25, 0.3) is 0 Å². The zero-order valence-corrected chi connectivity index (χ0v) is 14.8. The minimum Gasteiger partial charge on any atom is -0.321 e. The van der Waals surface area contributed by atoms with E-state index >= 15 is 0 Å². The van der Waals surface area contributed by atoms with E-state index < -0.39 is 5.91 Å². The predicted molar refractivity (Wildman–Crippen MR) is 103 cm³/mol. The van der Waals surface area contributed by atoms with Gasteiger partial charge in [-0.3, -0.25) is 14.6 Å². The van der Waals surface area contributed by atoms with Gasteiger partial charge >= 0.3 is 0 Å². The number of amides is 2. The molecule has 0 saturated carbocycles. The maximum absolute atomic E-state index is 12.7. The maximum Gasteiger partial charge on any atom is 0.274 e. The number of aromatic nitrogens is 1. The van der Waals surface area contributed by atoms with E-state index in [-0.39, 0.29) is 11.6 Å². The van der Waals surface area contributed by atoms with Crippen LogP contribution in [0.5, 0.6) is 0 Å². The summed E-state index contributed by atoms with van der Waals surface area (Å²) in [4.78, 5) is 30.6. The first-order valence-corrected chi connectivity index (χ1v) is 8.28. The molecule has 1 heterocycles.